The Balaban J connectivity index is 3.59. The fourth-order valence-electron chi connectivity index (χ4n) is 0.392. The van der Waals surface area contributed by atoms with E-state index in [-0.39, 0.29) is 12.6 Å². The van der Waals surface area contributed by atoms with Gasteiger partial charge < -0.3 is 19.3 Å². The molecule has 1 amide bonds. The Hall–Kier alpha value is 0.0469. The van der Waals surface area contributed by atoms with E-state index in [0.29, 0.717) is 0 Å². The molecule has 0 radical (unpaired) electrons. The molecule has 0 saturated heterocycles. The van der Waals surface area contributed by atoms with Gasteiger partial charge in [-0.1, -0.05) is 15.9 Å². The summed E-state index contributed by atoms with van der Waals surface area (Å²) in [4.78, 5) is 27.8. The Bertz CT molecular complexity index is 158. The van der Waals surface area contributed by atoms with Gasteiger partial charge in [0.2, 0.25) is 5.91 Å². The van der Waals surface area contributed by atoms with Crippen LogP contribution in [0.15, 0.2) is 0 Å². The van der Waals surface area contributed by atoms with Crippen molar-refractivity contribution in [2.75, 3.05) is 6.73 Å². The van der Waals surface area contributed by atoms with Gasteiger partial charge >= 0.3 is 9.53 Å². The molecule has 0 aliphatic carbocycles. The summed E-state index contributed by atoms with van der Waals surface area (Å²) in [5.74, 6) is -0.267. The predicted molar refractivity (Wildman–Crippen MR) is 48.7 cm³/mol. The molecule has 0 heterocycles. The van der Waals surface area contributed by atoms with Crippen LogP contribution in [0.3, 0.4) is 0 Å². The number of nitrogens with one attached hydrogen (secondary N) is 1. The average Bonchev–Trinajstić information content (AvgIpc) is 1.84. The first-order chi connectivity index (χ1) is 5.34. The van der Waals surface area contributed by atoms with E-state index in [1.165, 1.54) is 0 Å². The van der Waals surface area contributed by atoms with Crippen molar-refractivity contribution in [2.24, 2.45) is 0 Å². The molecule has 7 heteroatoms. The smallest absolute Gasteiger partial charge is 0.392 e. The highest BCUT2D eigenvalue weighted by molar-refractivity contribution is 9.10. The summed E-state index contributed by atoms with van der Waals surface area (Å²) in [6.07, 6.45) is 0. The second kappa shape index (κ2) is 4.93. The minimum atomic E-state index is -3.01. The number of alkyl halides is 1. The Morgan fingerprint density at radius 1 is 1.67 bits per heavy atom. The summed E-state index contributed by atoms with van der Waals surface area (Å²) in [6, 6.07) is 0. The number of carbonyl (C=O) groups is 1. The average molecular weight is 258 g/mol. The van der Waals surface area contributed by atoms with E-state index in [0.717, 1.165) is 0 Å². The number of amides is 1. The van der Waals surface area contributed by atoms with Crippen LogP contribution in [0.2, 0.25) is 0 Å². The number of rotatable bonds is 4. The molecule has 0 aromatic heterocycles. The third-order valence-corrected chi connectivity index (χ3v) is 1.83. The lowest BCUT2D eigenvalue weighted by Crippen LogP contribution is -2.40. The molecule has 0 aromatic rings. The molecule has 0 bridgehead atoms. The van der Waals surface area contributed by atoms with Crippen LogP contribution >= 0.6 is 15.9 Å². The van der Waals surface area contributed by atoms with Gasteiger partial charge in [0.15, 0.2) is 0 Å². The molecule has 12 heavy (non-hydrogen) atoms. The molecule has 0 aliphatic heterocycles. The van der Waals surface area contributed by atoms with E-state index in [4.69, 9.17) is 9.59 Å². The molecule has 72 valence electrons. The van der Waals surface area contributed by atoms with Gasteiger partial charge in [-0.3, -0.25) is 4.79 Å². The van der Waals surface area contributed by atoms with Crippen molar-refractivity contribution in [3.63, 3.8) is 0 Å². The van der Waals surface area contributed by atoms with E-state index in [1.807, 2.05) is 0 Å². The maximum atomic E-state index is 11.1. The minimum Gasteiger partial charge on any atom is -0.392 e. The lowest BCUT2D eigenvalue weighted by atomic mass is 10.2. The largest absolute Gasteiger partial charge is 0.480 e. The Kier molecular flexibility index (Phi) is 4.94. The molecular formula is C5H12BrNO4Si. The van der Waals surface area contributed by atoms with Gasteiger partial charge in [0.05, 0.1) is 4.32 Å². The number of hydrogen-bond donors (Lipinski definition) is 3. The second-order valence-corrected chi connectivity index (χ2v) is 5.58. The summed E-state index contributed by atoms with van der Waals surface area (Å²) in [5.41, 5.74) is 0. The third-order valence-electron chi connectivity index (χ3n) is 1.01. The Morgan fingerprint density at radius 2 is 2.17 bits per heavy atom. The first-order valence-electron chi connectivity index (χ1n) is 3.29. The van der Waals surface area contributed by atoms with Gasteiger partial charge in [0, 0.05) is 0 Å². The highest BCUT2D eigenvalue weighted by atomic mass is 79.9. The molecule has 0 aromatic carbocycles. The first-order valence-corrected chi connectivity index (χ1v) is 5.58. The summed E-state index contributed by atoms with van der Waals surface area (Å²) < 4.78 is 3.74. The lowest BCUT2D eigenvalue weighted by Gasteiger charge is -2.15. The minimum absolute atomic E-state index is 0.169. The van der Waals surface area contributed by atoms with E-state index in [1.54, 1.807) is 13.8 Å². The van der Waals surface area contributed by atoms with E-state index >= 15 is 0 Å². The van der Waals surface area contributed by atoms with Crippen LogP contribution in [0.1, 0.15) is 13.8 Å². The standard InChI is InChI=1S/C5H12BrNO4Si/c1-5(2,6)4(8)7-3-11-12(9)10/h9-10,12H,3H2,1-2H3,(H,7,8). The molecule has 0 unspecified atom stereocenters. The van der Waals surface area contributed by atoms with Crippen LogP contribution in [0.5, 0.6) is 0 Å². The topological polar surface area (TPSA) is 78.8 Å². The van der Waals surface area contributed by atoms with E-state index in [9.17, 15) is 4.79 Å². The quantitative estimate of drug-likeness (QED) is 0.341. The molecule has 3 N–H and O–H groups in total. The summed E-state index contributed by atoms with van der Waals surface area (Å²) in [6.45, 7) is 3.18. The lowest BCUT2D eigenvalue weighted by molar-refractivity contribution is -0.123. The highest BCUT2D eigenvalue weighted by Gasteiger charge is 2.23. The summed E-state index contributed by atoms with van der Waals surface area (Å²) in [7, 11) is -3.01. The normalized spacial score (nSPS) is 11.8. The van der Waals surface area contributed by atoms with Crippen LogP contribution in [0.25, 0.3) is 0 Å². The number of carbonyl (C=O) groups excluding carboxylic acids is 1. The van der Waals surface area contributed by atoms with Crippen molar-refractivity contribution in [2.45, 2.75) is 18.2 Å². The molecule has 0 atom stereocenters. The predicted octanol–water partition coefficient (Wildman–Crippen LogP) is -1.05. The number of halogens is 1. The summed E-state index contributed by atoms with van der Waals surface area (Å²) in [5, 5.41) is 2.36. The highest BCUT2D eigenvalue weighted by Crippen LogP contribution is 2.14. The maximum absolute atomic E-state index is 11.1. The van der Waals surface area contributed by atoms with Gasteiger partial charge in [-0.15, -0.1) is 0 Å². The molecule has 0 aliphatic rings. The molecular weight excluding hydrogens is 246 g/mol. The van der Waals surface area contributed by atoms with Crippen molar-refractivity contribution >= 4 is 31.4 Å². The molecule has 0 rings (SSSR count). The van der Waals surface area contributed by atoms with Crippen molar-refractivity contribution < 1.29 is 18.8 Å². The van der Waals surface area contributed by atoms with Crippen molar-refractivity contribution in [3.8, 4) is 0 Å². The van der Waals surface area contributed by atoms with Crippen LogP contribution in [0.4, 0.5) is 0 Å². The van der Waals surface area contributed by atoms with Crippen molar-refractivity contribution in [1.29, 1.82) is 0 Å². The van der Waals surface area contributed by atoms with Gasteiger partial charge in [-0.25, -0.2) is 0 Å². The fraction of sp³-hybridized carbons (Fsp3) is 0.800. The molecule has 0 spiro atoms. The zero-order valence-corrected chi connectivity index (χ0v) is 9.61. The van der Waals surface area contributed by atoms with Crippen LogP contribution in [-0.4, -0.2) is 36.1 Å². The van der Waals surface area contributed by atoms with Crippen LogP contribution < -0.4 is 5.32 Å². The van der Waals surface area contributed by atoms with Gasteiger partial charge in [-0.2, -0.15) is 0 Å². The fourth-order valence-corrected chi connectivity index (χ4v) is 0.765. The zero-order chi connectivity index (χ0) is 9.78. The van der Waals surface area contributed by atoms with Gasteiger partial charge in [-0.05, 0) is 13.8 Å². The molecule has 0 saturated carbocycles. The summed E-state index contributed by atoms with van der Waals surface area (Å²) >= 11 is 3.13. The third kappa shape index (κ3) is 5.67. The van der Waals surface area contributed by atoms with Crippen molar-refractivity contribution in [3.05, 3.63) is 0 Å². The monoisotopic (exact) mass is 257 g/mol. The number of hydrogen-bond acceptors (Lipinski definition) is 4. The van der Waals surface area contributed by atoms with Gasteiger partial charge in [0.1, 0.15) is 6.73 Å². The Morgan fingerprint density at radius 3 is 2.50 bits per heavy atom. The van der Waals surface area contributed by atoms with Crippen molar-refractivity contribution in [1.82, 2.24) is 5.32 Å². The van der Waals surface area contributed by atoms with Gasteiger partial charge in [0.25, 0.3) is 0 Å². The first kappa shape index (κ1) is 12.0. The SMILES string of the molecule is CC(C)(Br)C(=O)NCO[SiH](O)O. The van der Waals surface area contributed by atoms with E-state index in [2.05, 4.69) is 25.7 Å². The molecule has 5 nitrogen and oxygen atoms in total. The van der Waals surface area contributed by atoms with E-state index < -0.39 is 13.9 Å². The second-order valence-electron chi connectivity index (χ2n) is 2.62. The maximum Gasteiger partial charge on any atom is 0.480 e. The Labute approximate surface area is 80.8 Å². The molecule has 0 fully saturated rings. The van der Waals surface area contributed by atoms with Crippen LogP contribution in [0, 0.1) is 0 Å². The zero-order valence-electron chi connectivity index (χ0n) is 6.87. The van der Waals surface area contributed by atoms with Crippen LogP contribution in [-0.2, 0) is 9.22 Å².